The second-order valence-electron chi connectivity index (χ2n) is 2.54. The molecule has 0 bridgehead atoms. The molecule has 0 aliphatic carbocycles. The summed E-state index contributed by atoms with van der Waals surface area (Å²) in [7, 11) is 0. The second kappa shape index (κ2) is 10.9. The summed E-state index contributed by atoms with van der Waals surface area (Å²) in [6.07, 6.45) is 3.33. The van der Waals surface area contributed by atoms with Crippen molar-refractivity contribution < 1.29 is 0 Å². The van der Waals surface area contributed by atoms with Crippen LogP contribution < -0.4 is 0 Å². The minimum absolute atomic E-state index is 0.773. The van der Waals surface area contributed by atoms with Gasteiger partial charge in [0.15, 0.2) is 0 Å². The van der Waals surface area contributed by atoms with Gasteiger partial charge in [0.1, 0.15) is 0 Å². The zero-order valence-electron chi connectivity index (χ0n) is 7.11. The molecule has 9 heavy (non-hydrogen) atoms. The van der Waals surface area contributed by atoms with Crippen LogP contribution in [0.2, 0.25) is 0 Å². The summed E-state index contributed by atoms with van der Waals surface area (Å²) in [5.41, 5.74) is 0. The van der Waals surface area contributed by atoms with Gasteiger partial charge in [0, 0.05) is 0 Å². The van der Waals surface area contributed by atoms with Crippen molar-refractivity contribution in [2.45, 2.75) is 40.0 Å². The third-order valence-electron chi connectivity index (χ3n) is 0.931. The fraction of sp³-hybridized carbons (Fsp3) is 0.778. The first-order valence-corrected chi connectivity index (χ1v) is 3.77. The van der Waals surface area contributed by atoms with E-state index in [0.29, 0.717) is 0 Å². The highest BCUT2D eigenvalue weighted by molar-refractivity contribution is 4.42. The van der Waals surface area contributed by atoms with E-state index in [-0.39, 0.29) is 0 Å². The molecule has 0 saturated heterocycles. The SMILES string of the molecule is [CH2]CC(C)C.[CH2]CCC. The first-order chi connectivity index (χ1) is 4.18. The predicted octanol–water partition coefficient (Wildman–Crippen LogP) is 3.49. The molecule has 56 valence electrons. The van der Waals surface area contributed by atoms with Crippen LogP contribution in [0.1, 0.15) is 40.0 Å². The maximum absolute atomic E-state index is 3.69. The highest BCUT2D eigenvalue weighted by Crippen LogP contribution is 1.93. The van der Waals surface area contributed by atoms with E-state index in [1.165, 1.54) is 6.42 Å². The minimum atomic E-state index is 0.773. The van der Waals surface area contributed by atoms with E-state index < -0.39 is 0 Å². The smallest absolute Gasteiger partial charge is 0.0471 e. The van der Waals surface area contributed by atoms with Crippen molar-refractivity contribution in [3.63, 3.8) is 0 Å². The molecule has 0 rings (SSSR count). The highest BCUT2D eigenvalue weighted by atomic mass is 13.9. The quantitative estimate of drug-likeness (QED) is 0.534. The molecular weight excluding hydrogens is 108 g/mol. The molecule has 0 atom stereocenters. The first-order valence-electron chi connectivity index (χ1n) is 3.77. The van der Waals surface area contributed by atoms with Crippen LogP contribution in [-0.2, 0) is 0 Å². The van der Waals surface area contributed by atoms with Crippen molar-refractivity contribution in [1.82, 2.24) is 0 Å². The molecule has 0 aromatic rings. The summed E-state index contributed by atoms with van der Waals surface area (Å²) in [5, 5.41) is 0. The topological polar surface area (TPSA) is 0 Å². The molecule has 0 heterocycles. The third-order valence-corrected chi connectivity index (χ3v) is 0.931. The maximum atomic E-state index is 3.69. The van der Waals surface area contributed by atoms with Crippen LogP contribution in [0.3, 0.4) is 0 Å². The monoisotopic (exact) mass is 128 g/mol. The molecule has 0 amide bonds. The van der Waals surface area contributed by atoms with Gasteiger partial charge < -0.3 is 0 Å². The zero-order chi connectivity index (χ0) is 7.70. The third kappa shape index (κ3) is 32.0. The summed E-state index contributed by atoms with van der Waals surface area (Å²) < 4.78 is 0. The fourth-order valence-electron chi connectivity index (χ4n) is 0. The van der Waals surface area contributed by atoms with Gasteiger partial charge in [-0.3, -0.25) is 0 Å². The molecule has 0 saturated carbocycles. The molecule has 0 aromatic carbocycles. The van der Waals surface area contributed by atoms with Crippen molar-refractivity contribution in [3.8, 4) is 0 Å². The van der Waals surface area contributed by atoms with Crippen LogP contribution in [0, 0.1) is 19.8 Å². The summed E-state index contributed by atoms with van der Waals surface area (Å²) in [6.45, 7) is 13.7. The van der Waals surface area contributed by atoms with Gasteiger partial charge in [-0.25, -0.2) is 0 Å². The van der Waals surface area contributed by atoms with Gasteiger partial charge in [-0.1, -0.05) is 53.9 Å². The van der Waals surface area contributed by atoms with Gasteiger partial charge >= 0.3 is 0 Å². The summed E-state index contributed by atoms with van der Waals surface area (Å²) in [5.74, 6) is 0.773. The molecule has 0 nitrogen and oxygen atoms in total. The molecule has 0 aliphatic rings. The summed E-state index contributed by atoms with van der Waals surface area (Å²) in [4.78, 5) is 0. The maximum Gasteiger partial charge on any atom is -0.0471 e. The fourth-order valence-corrected chi connectivity index (χ4v) is 0. The number of rotatable bonds is 2. The molecule has 0 unspecified atom stereocenters. The minimum Gasteiger partial charge on any atom is -0.0654 e. The molecule has 0 aliphatic heterocycles. The van der Waals surface area contributed by atoms with Crippen molar-refractivity contribution in [3.05, 3.63) is 13.8 Å². The predicted molar refractivity (Wildman–Crippen MR) is 45.1 cm³/mol. The Balaban J connectivity index is 0. The molecule has 0 aromatic heterocycles. The Morgan fingerprint density at radius 3 is 1.44 bits per heavy atom. The van der Waals surface area contributed by atoms with Crippen molar-refractivity contribution in [2.75, 3.05) is 0 Å². The Morgan fingerprint density at radius 1 is 1.22 bits per heavy atom. The Hall–Kier alpha value is 0. The summed E-state index contributed by atoms with van der Waals surface area (Å²) >= 11 is 0. The average Bonchev–Trinajstić information content (AvgIpc) is 1.89. The standard InChI is InChI=1S/C5H11.C4H9/c1-4-5(2)3;1-3-4-2/h5H,1,4H2,2-3H3;1,3-4H2,2H3. The van der Waals surface area contributed by atoms with Crippen molar-refractivity contribution >= 4 is 0 Å². The van der Waals surface area contributed by atoms with E-state index in [4.69, 9.17) is 0 Å². The number of hydrogen-bond acceptors (Lipinski definition) is 0. The summed E-state index contributed by atoms with van der Waals surface area (Å²) in [6, 6.07) is 0. The van der Waals surface area contributed by atoms with Gasteiger partial charge in [0.2, 0.25) is 0 Å². The van der Waals surface area contributed by atoms with Crippen LogP contribution in [-0.4, -0.2) is 0 Å². The van der Waals surface area contributed by atoms with Gasteiger partial charge in [0.05, 0.1) is 0 Å². The van der Waals surface area contributed by atoms with Crippen molar-refractivity contribution in [1.29, 1.82) is 0 Å². The zero-order valence-corrected chi connectivity index (χ0v) is 7.11. The first kappa shape index (κ1) is 11.8. The lowest BCUT2D eigenvalue weighted by atomic mass is 10.2. The van der Waals surface area contributed by atoms with E-state index in [1.807, 2.05) is 0 Å². The van der Waals surface area contributed by atoms with E-state index in [1.54, 1.807) is 0 Å². The lowest BCUT2D eigenvalue weighted by Crippen LogP contribution is -1.77. The van der Waals surface area contributed by atoms with Crippen LogP contribution in [0.5, 0.6) is 0 Å². The van der Waals surface area contributed by atoms with E-state index in [2.05, 4.69) is 34.6 Å². The number of unbranched alkanes of at least 4 members (excludes halogenated alkanes) is 1. The van der Waals surface area contributed by atoms with E-state index in [0.717, 1.165) is 18.8 Å². The molecule has 0 N–H and O–H groups in total. The van der Waals surface area contributed by atoms with Crippen LogP contribution in [0.4, 0.5) is 0 Å². The molecule has 0 fully saturated rings. The normalized spacial score (nSPS) is 8.67. The average molecular weight is 128 g/mol. The highest BCUT2D eigenvalue weighted by Gasteiger charge is 1.80. The molecular formula is C9H20. The van der Waals surface area contributed by atoms with Crippen LogP contribution >= 0.6 is 0 Å². The van der Waals surface area contributed by atoms with E-state index >= 15 is 0 Å². The Kier molecular flexibility index (Phi) is 14.2. The Morgan fingerprint density at radius 2 is 1.44 bits per heavy atom. The molecule has 0 spiro atoms. The molecule has 0 heteroatoms. The van der Waals surface area contributed by atoms with Crippen molar-refractivity contribution in [2.24, 2.45) is 5.92 Å². The lowest BCUT2D eigenvalue weighted by molar-refractivity contribution is 0.661. The Bertz CT molecular complexity index is 27.0. The second-order valence-corrected chi connectivity index (χ2v) is 2.54. The van der Waals surface area contributed by atoms with Crippen LogP contribution in [0.25, 0.3) is 0 Å². The largest absolute Gasteiger partial charge is 0.0654 e. The van der Waals surface area contributed by atoms with Gasteiger partial charge in [-0.15, -0.1) is 0 Å². The van der Waals surface area contributed by atoms with Gasteiger partial charge in [-0.2, -0.15) is 0 Å². The number of hydrogen-bond donors (Lipinski definition) is 0. The van der Waals surface area contributed by atoms with Crippen LogP contribution in [0.15, 0.2) is 0 Å². The van der Waals surface area contributed by atoms with Gasteiger partial charge in [-0.05, 0) is 5.92 Å². The van der Waals surface area contributed by atoms with Gasteiger partial charge in [0.25, 0.3) is 0 Å². The van der Waals surface area contributed by atoms with E-state index in [9.17, 15) is 0 Å². The molecule has 2 radical (unpaired) electrons. The Labute approximate surface area is 60.7 Å². The lowest BCUT2D eigenvalue weighted by Gasteiger charge is -1.90.